The highest BCUT2D eigenvalue weighted by atomic mass is 127. The molecule has 0 aromatic heterocycles. The Morgan fingerprint density at radius 2 is 2.10 bits per heavy atom. The van der Waals surface area contributed by atoms with Gasteiger partial charge in [-0.25, -0.2) is 0 Å². The Morgan fingerprint density at radius 3 is 2.70 bits per heavy atom. The molecular formula is C17H27IN2. The van der Waals surface area contributed by atoms with Crippen molar-refractivity contribution in [2.45, 2.75) is 39.2 Å². The molecule has 2 unspecified atom stereocenters. The second-order valence-electron chi connectivity index (χ2n) is 5.93. The fourth-order valence-electron chi connectivity index (χ4n) is 3.09. The maximum Gasteiger partial charge on any atom is 0.0320 e. The molecule has 1 saturated heterocycles. The molecule has 2 atom stereocenters. The van der Waals surface area contributed by atoms with Gasteiger partial charge in [0.2, 0.25) is 0 Å². The fourth-order valence-corrected chi connectivity index (χ4v) is 3.45. The monoisotopic (exact) mass is 386 g/mol. The number of rotatable bonds is 6. The summed E-state index contributed by atoms with van der Waals surface area (Å²) in [6.45, 7) is 9.47. The van der Waals surface area contributed by atoms with Crippen LogP contribution in [0.4, 0.5) is 0 Å². The van der Waals surface area contributed by atoms with Gasteiger partial charge in [-0.2, -0.15) is 0 Å². The molecule has 0 amide bonds. The highest BCUT2D eigenvalue weighted by molar-refractivity contribution is 14.1. The van der Waals surface area contributed by atoms with Crippen molar-refractivity contribution in [3.8, 4) is 0 Å². The van der Waals surface area contributed by atoms with Crippen molar-refractivity contribution in [1.29, 1.82) is 0 Å². The number of benzene rings is 1. The largest absolute Gasteiger partial charge is 0.316 e. The zero-order valence-electron chi connectivity index (χ0n) is 12.7. The molecule has 112 valence electrons. The molecule has 1 aromatic rings. The maximum absolute atomic E-state index is 3.54. The zero-order valence-corrected chi connectivity index (χ0v) is 14.9. The Labute approximate surface area is 137 Å². The van der Waals surface area contributed by atoms with E-state index in [-0.39, 0.29) is 0 Å². The minimum atomic E-state index is 0.522. The standard InChI is InChI=1S/C17H27IN2/c1-3-11-20(13-15-5-4-10-19-12-15)14(2)16-6-8-17(18)9-7-16/h6-9,14-15,19H,3-5,10-13H2,1-2H3. The molecule has 3 heteroatoms. The third-order valence-electron chi connectivity index (χ3n) is 4.30. The summed E-state index contributed by atoms with van der Waals surface area (Å²) < 4.78 is 1.32. The molecular weight excluding hydrogens is 359 g/mol. The first-order chi connectivity index (χ1) is 9.70. The van der Waals surface area contributed by atoms with Gasteiger partial charge in [-0.1, -0.05) is 19.1 Å². The molecule has 1 N–H and O–H groups in total. The minimum Gasteiger partial charge on any atom is -0.316 e. The van der Waals surface area contributed by atoms with Crippen molar-refractivity contribution in [1.82, 2.24) is 10.2 Å². The number of nitrogens with zero attached hydrogens (tertiary/aromatic N) is 1. The van der Waals surface area contributed by atoms with E-state index < -0.39 is 0 Å². The van der Waals surface area contributed by atoms with E-state index in [4.69, 9.17) is 0 Å². The van der Waals surface area contributed by atoms with Crippen LogP contribution in [0.3, 0.4) is 0 Å². The lowest BCUT2D eigenvalue weighted by Gasteiger charge is -2.34. The first-order valence-electron chi connectivity index (χ1n) is 7.91. The predicted octanol–water partition coefficient (Wildman–Crippen LogP) is 4.06. The smallest absolute Gasteiger partial charge is 0.0320 e. The van der Waals surface area contributed by atoms with Crippen LogP contribution in [0.1, 0.15) is 44.7 Å². The molecule has 20 heavy (non-hydrogen) atoms. The average molecular weight is 386 g/mol. The van der Waals surface area contributed by atoms with Crippen LogP contribution in [0, 0.1) is 9.49 Å². The summed E-state index contributed by atoms with van der Waals surface area (Å²) in [4.78, 5) is 2.67. The zero-order chi connectivity index (χ0) is 14.4. The molecule has 1 aliphatic rings. The van der Waals surface area contributed by atoms with Crippen LogP contribution in [0.25, 0.3) is 0 Å². The molecule has 2 nitrogen and oxygen atoms in total. The van der Waals surface area contributed by atoms with Gasteiger partial charge in [0.1, 0.15) is 0 Å². The van der Waals surface area contributed by atoms with Crippen LogP contribution in [0.2, 0.25) is 0 Å². The van der Waals surface area contributed by atoms with Crippen molar-refractivity contribution in [3.05, 3.63) is 33.4 Å². The Hall–Kier alpha value is -0.130. The third kappa shape index (κ3) is 4.71. The average Bonchev–Trinajstić information content (AvgIpc) is 2.48. The molecule has 1 aromatic carbocycles. The van der Waals surface area contributed by atoms with E-state index in [9.17, 15) is 0 Å². The first-order valence-corrected chi connectivity index (χ1v) is 8.98. The summed E-state index contributed by atoms with van der Waals surface area (Å²) in [5, 5.41) is 3.54. The number of hydrogen-bond donors (Lipinski definition) is 1. The summed E-state index contributed by atoms with van der Waals surface area (Å²) in [6.07, 6.45) is 3.95. The summed E-state index contributed by atoms with van der Waals surface area (Å²) in [5.74, 6) is 0.821. The van der Waals surface area contributed by atoms with E-state index in [1.165, 1.54) is 54.6 Å². The van der Waals surface area contributed by atoms with E-state index in [0.29, 0.717) is 6.04 Å². The molecule has 1 fully saturated rings. The molecule has 0 aliphatic carbocycles. The van der Waals surface area contributed by atoms with Gasteiger partial charge in [-0.15, -0.1) is 0 Å². The Balaban J connectivity index is 2.00. The first kappa shape index (κ1) is 16.2. The normalized spacial score (nSPS) is 21.1. The van der Waals surface area contributed by atoms with E-state index in [1.54, 1.807) is 0 Å². The van der Waals surface area contributed by atoms with E-state index in [1.807, 2.05) is 0 Å². The van der Waals surface area contributed by atoms with Crippen molar-refractivity contribution in [2.24, 2.45) is 5.92 Å². The summed E-state index contributed by atoms with van der Waals surface area (Å²) in [6, 6.07) is 9.54. The molecule has 0 radical (unpaired) electrons. The van der Waals surface area contributed by atoms with Crippen molar-refractivity contribution >= 4 is 22.6 Å². The lowest BCUT2D eigenvalue weighted by atomic mass is 9.97. The van der Waals surface area contributed by atoms with Gasteiger partial charge < -0.3 is 5.32 Å². The molecule has 0 spiro atoms. The van der Waals surface area contributed by atoms with Crippen LogP contribution in [-0.4, -0.2) is 31.1 Å². The Kier molecular flexibility index (Phi) is 6.78. The van der Waals surface area contributed by atoms with Crippen molar-refractivity contribution in [3.63, 3.8) is 0 Å². The lowest BCUT2D eigenvalue weighted by Crippen LogP contribution is -2.39. The summed E-state index contributed by atoms with van der Waals surface area (Å²) >= 11 is 2.38. The van der Waals surface area contributed by atoms with E-state index >= 15 is 0 Å². The molecule has 1 aliphatic heterocycles. The van der Waals surface area contributed by atoms with Gasteiger partial charge in [0.25, 0.3) is 0 Å². The quantitative estimate of drug-likeness (QED) is 0.742. The van der Waals surface area contributed by atoms with Gasteiger partial charge in [0.15, 0.2) is 0 Å². The molecule has 1 heterocycles. The van der Waals surface area contributed by atoms with Gasteiger partial charge in [-0.3, -0.25) is 4.90 Å². The highest BCUT2D eigenvalue weighted by Gasteiger charge is 2.21. The number of nitrogens with one attached hydrogen (secondary N) is 1. The molecule has 2 rings (SSSR count). The van der Waals surface area contributed by atoms with E-state index in [0.717, 1.165) is 5.92 Å². The van der Waals surface area contributed by atoms with Gasteiger partial charge in [0.05, 0.1) is 0 Å². The fraction of sp³-hybridized carbons (Fsp3) is 0.647. The predicted molar refractivity (Wildman–Crippen MR) is 95.0 cm³/mol. The van der Waals surface area contributed by atoms with Crippen LogP contribution in [0.5, 0.6) is 0 Å². The Bertz CT molecular complexity index is 384. The second kappa shape index (κ2) is 8.35. The third-order valence-corrected chi connectivity index (χ3v) is 5.02. The summed E-state index contributed by atoms with van der Waals surface area (Å²) in [5.41, 5.74) is 1.45. The van der Waals surface area contributed by atoms with Crippen molar-refractivity contribution < 1.29 is 0 Å². The number of hydrogen-bond acceptors (Lipinski definition) is 2. The van der Waals surface area contributed by atoms with Crippen molar-refractivity contribution in [2.75, 3.05) is 26.2 Å². The number of halogens is 1. The minimum absolute atomic E-state index is 0.522. The molecule has 0 bridgehead atoms. The second-order valence-corrected chi connectivity index (χ2v) is 7.18. The highest BCUT2D eigenvalue weighted by Crippen LogP contribution is 2.24. The van der Waals surface area contributed by atoms with Crippen LogP contribution in [0.15, 0.2) is 24.3 Å². The SMILES string of the molecule is CCCN(CC1CCCNC1)C(C)c1ccc(I)cc1. The topological polar surface area (TPSA) is 15.3 Å². The molecule has 0 saturated carbocycles. The summed E-state index contributed by atoms with van der Waals surface area (Å²) in [7, 11) is 0. The number of piperidine rings is 1. The van der Waals surface area contributed by atoms with E-state index in [2.05, 4.69) is 70.9 Å². The van der Waals surface area contributed by atoms with Gasteiger partial charge >= 0.3 is 0 Å². The van der Waals surface area contributed by atoms with Crippen LogP contribution in [-0.2, 0) is 0 Å². The Morgan fingerprint density at radius 1 is 1.35 bits per heavy atom. The van der Waals surface area contributed by atoms with Gasteiger partial charge in [0, 0.05) is 16.2 Å². The lowest BCUT2D eigenvalue weighted by molar-refractivity contribution is 0.163. The van der Waals surface area contributed by atoms with Crippen LogP contribution >= 0.6 is 22.6 Å². The van der Waals surface area contributed by atoms with Crippen LogP contribution < -0.4 is 5.32 Å². The maximum atomic E-state index is 3.54. The van der Waals surface area contributed by atoms with Gasteiger partial charge in [-0.05, 0) is 92.0 Å².